The van der Waals surface area contributed by atoms with Crippen LogP contribution in [0, 0.1) is 5.82 Å². The zero-order valence-electron chi connectivity index (χ0n) is 10.2. The quantitative estimate of drug-likeness (QED) is 0.882. The number of rotatable bonds is 3. The van der Waals surface area contributed by atoms with Crippen LogP contribution in [0.25, 0.3) is 11.3 Å². The van der Waals surface area contributed by atoms with Gasteiger partial charge in [0.05, 0.1) is 5.69 Å². The first kappa shape index (κ1) is 11.8. The zero-order valence-corrected chi connectivity index (χ0v) is 10.2. The molecule has 3 nitrogen and oxygen atoms in total. The predicted octanol–water partition coefficient (Wildman–Crippen LogP) is 2.51. The van der Waals surface area contributed by atoms with E-state index >= 15 is 0 Å². The highest BCUT2D eigenvalue weighted by molar-refractivity contribution is 5.64. The summed E-state index contributed by atoms with van der Waals surface area (Å²) in [5.41, 5.74) is 2.87. The van der Waals surface area contributed by atoms with E-state index in [1.165, 1.54) is 6.07 Å². The van der Waals surface area contributed by atoms with Gasteiger partial charge in [0.15, 0.2) is 0 Å². The third-order valence-corrected chi connectivity index (χ3v) is 3.01. The second-order valence-electron chi connectivity index (χ2n) is 4.08. The van der Waals surface area contributed by atoms with Gasteiger partial charge in [-0.25, -0.2) is 4.39 Å². The van der Waals surface area contributed by atoms with Gasteiger partial charge in [-0.05, 0) is 37.7 Å². The Labute approximate surface area is 100 Å². The molecule has 1 aromatic carbocycles. The van der Waals surface area contributed by atoms with Gasteiger partial charge in [0, 0.05) is 24.8 Å². The predicted molar refractivity (Wildman–Crippen MR) is 66.1 cm³/mol. The average Bonchev–Trinajstić information content (AvgIpc) is 2.74. The first-order valence-electron chi connectivity index (χ1n) is 5.58. The summed E-state index contributed by atoms with van der Waals surface area (Å²) in [6, 6.07) is 6.92. The molecular formula is C13H16FN3. The molecule has 0 aliphatic rings. The summed E-state index contributed by atoms with van der Waals surface area (Å²) >= 11 is 0. The Hall–Kier alpha value is -1.68. The Kier molecular flexibility index (Phi) is 3.24. The van der Waals surface area contributed by atoms with Gasteiger partial charge in [0.1, 0.15) is 5.82 Å². The van der Waals surface area contributed by atoms with Crippen LogP contribution in [0.1, 0.15) is 18.5 Å². The third-order valence-electron chi connectivity index (χ3n) is 3.01. The summed E-state index contributed by atoms with van der Waals surface area (Å²) in [6.07, 6.45) is 1.72. The molecule has 0 saturated heterocycles. The summed E-state index contributed by atoms with van der Waals surface area (Å²) in [5.74, 6) is -0.228. The second kappa shape index (κ2) is 4.67. The molecule has 17 heavy (non-hydrogen) atoms. The van der Waals surface area contributed by atoms with Crippen LogP contribution < -0.4 is 5.32 Å². The van der Waals surface area contributed by atoms with E-state index in [-0.39, 0.29) is 11.9 Å². The maximum Gasteiger partial charge on any atom is 0.123 e. The van der Waals surface area contributed by atoms with Gasteiger partial charge in [0.2, 0.25) is 0 Å². The number of hydrogen-bond donors (Lipinski definition) is 1. The molecule has 0 saturated carbocycles. The van der Waals surface area contributed by atoms with Gasteiger partial charge in [0.25, 0.3) is 0 Å². The molecule has 0 radical (unpaired) electrons. The topological polar surface area (TPSA) is 29.9 Å². The lowest BCUT2D eigenvalue weighted by Crippen LogP contribution is -2.14. The summed E-state index contributed by atoms with van der Waals surface area (Å²) in [5, 5.41) is 7.29. The normalized spacial score (nSPS) is 12.7. The van der Waals surface area contributed by atoms with Crippen LogP contribution in [0.15, 0.2) is 30.5 Å². The molecule has 1 atom stereocenters. The Bertz CT molecular complexity index is 519. The molecular weight excluding hydrogens is 217 g/mol. The molecule has 1 unspecified atom stereocenters. The minimum Gasteiger partial charge on any atom is -0.313 e. The van der Waals surface area contributed by atoms with Gasteiger partial charge in [-0.15, -0.1) is 0 Å². The number of hydrogen-bond acceptors (Lipinski definition) is 2. The smallest absolute Gasteiger partial charge is 0.123 e. The van der Waals surface area contributed by atoms with Gasteiger partial charge in [-0.2, -0.15) is 5.10 Å². The van der Waals surface area contributed by atoms with E-state index in [1.54, 1.807) is 16.9 Å². The van der Waals surface area contributed by atoms with E-state index in [9.17, 15) is 4.39 Å². The van der Waals surface area contributed by atoms with Crippen LogP contribution in [-0.2, 0) is 7.05 Å². The van der Waals surface area contributed by atoms with E-state index in [0.29, 0.717) is 0 Å². The second-order valence-corrected chi connectivity index (χ2v) is 4.08. The molecule has 1 aromatic heterocycles. The first-order chi connectivity index (χ1) is 8.13. The molecule has 90 valence electrons. The highest BCUT2D eigenvalue weighted by atomic mass is 19.1. The van der Waals surface area contributed by atoms with Gasteiger partial charge >= 0.3 is 0 Å². The summed E-state index contributed by atoms with van der Waals surface area (Å²) < 4.78 is 15.1. The van der Waals surface area contributed by atoms with Crippen molar-refractivity contribution in [2.75, 3.05) is 7.05 Å². The number of aryl methyl sites for hydroxylation is 1. The number of nitrogens with zero attached hydrogens (tertiary/aromatic N) is 2. The Morgan fingerprint density at radius 2 is 2.12 bits per heavy atom. The molecule has 1 heterocycles. The van der Waals surface area contributed by atoms with Crippen molar-refractivity contribution < 1.29 is 4.39 Å². The van der Waals surface area contributed by atoms with E-state index in [2.05, 4.69) is 10.4 Å². The van der Waals surface area contributed by atoms with Crippen LogP contribution in [0.5, 0.6) is 0 Å². The maximum absolute atomic E-state index is 13.4. The molecule has 0 spiro atoms. The fourth-order valence-electron chi connectivity index (χ4n) is 1.92. The lowest BCUT2D eigenvalue weighted by molar-refractivity contribution is 0.619. The SMILES string of the molecule is CNC(C)c1ccc(F)cc1-c1ccnn1C. The molecule has 0 amide bonds. The van der Waals surface area contributed by atoms with Crippen molar-refractivity contribution >= 4 is 0 Å². The standard InChI is InChI=1S/C13H16FN3/c1-9(15-2)11-5-4-10(14)8-12(11)13-6-7-16-17(13)3/h4-9,15H,1-3H3. The fraction of sp³-hybridized carbons (Fsp3) is 0.308. The lowest BCUT2D eigenvalue weighted by Gasteiger charge is -2.16. The molecule has 0 aliphatic heterocycles. The fourth-order valence-corrected chi connectivity index (χ4v) is 1.92. The summed E-state index contributed by atoms with van der Waals surface area (Å²) in [7, 11) is 3.75. The van der Waals surface area contributed by atoms with E-state index in [4.69, 9.17) is 0 Å². The van der Waals surface area contributed by atoms with Crippen LogP contribution in [0.2, 0.25) is 0 Å². The monoisotopic (exact) mass is 233 g/mol. The van der Waals surface area contributed by atoms with Crippen molar-refractivity contribution in [3.63, 3.8) is 0 Å². The minimum atomic E-state index is -0.228. The largest absolute Gasteiger partial charge is 0.313 e. The molecule has 2 aromatic rings. The van der Waals surface area contributed by atoms with Crippen molar-refractivity contribution in [1.29, 1.82) is 0 Å². The minimum absolute atomic E-state index is 0.167. The van der Waals surface area contributed by atoms with Crippen molar-refractivity contribution in [3.8, 4) is 11.3 Å². The number of nitrogens with one attached hydrogen (secondary N) is 1. The van der Waals surface area contributed by atoms with Gasteiger partial charge in [-0.1, -0.05) is 6.07 Å². The maximum atomic E-state index is 13.4. The first-order valence-corrected chi connectivity index (χ1v) is 5.58. The molecule has 4 heteroatoms. The van der Waals surface area contributed by atoms with Gasteiger partial charge < -0.3 is 5.32 Å². The zero-order chi connectivity index (χ0) is 12.4. The summed E-state index contributed by atoms with van der Waals surface area (Å²) in [4.78, 5) is 0. The van der Waals surface area contributed by atoms with Crippen LogP contribution in [-0.4, -0.2) is 16.8 Å². The number of benzene rings is 1. The summed E-state index contributed by atoms with van der Waals surface area (Å²) in [6.45, 7) is 2.05. The van der Waals surface area contributed by atoms with Crippen LogP contribution >= 0.6 is 0 Å². The lowest BCUT2D eigenvalue weighted by atomic mass is 9.99. The van der Waals surface area contributed by atoms with Crippen molar-refractivity contribution in [3.05, 3.63) is 41.8 Å². The highest BCUT2D eigenvalue weighted by Crippen LogP contribution is 2.28. The van der Waals surface area contributed by atoms with Crippen molar-refractivity contribution in [2.45, 2.75) is 13.0 Å². The number of aromatic nitrogens is 2. The Morgan fingerprint density at radius 3 is 2.71 bits per heavy atom. The Morgan fingerprint density at radius 1 is 1.35 bits per heavy atom. The van der Waals surface area contributed by atoms with Crippen molar-refractivity contribution in [1.82, 2.24) is 15.1 Å². The molecule has 0 aliphatic carbocycles. The van der Waals surface area contributed by atoms with E-state index in [1.807, 2.05) is 33.2 Å². The molecule has 1 N–H and O–H groups in total. The third kappa shape index (κ3) is 2.22. The van der Waals surface area contributed by atoms with Crippen molar-refractivity contribution in [2.24, 2.45) is 7.05 Å². The average molecular weight is 233 g/mol. The molecule has 2 rings (SSSR count). The highest BCUT2D eigenvalue weighted by Gasteiger charge is 2.13. The molecule has 0 bridgehead atoms. The van der Waals surface area contributed by atoms with E-state index < -0.39 is 0 Å². The van der Waals surface area contributed by atoms with Gasteiger partial charge in [-0.3, -0.25) is 4.68 Å². The van der Waals surface area contributed by atoms with E-state index in [0.717, 1.165) is 16.8 Å². The van der Waals surface area contributed by atoms with Crippen LogP contribution in [0.4, 0.5) is 4.39 Å². The number of halogens is 1. The molecule has 0 fully saturated rings. The Balaban J connectivity index is 2.59. The van der Waals surface area contributed by atoms with Crippen LogP contribution in [0.3, 0.4) is 0 Å².